The predicted octanol–water partition coefficient (Wildman–Crippen LogP) is -0.155. The fourth-order valence-corrected chi connectivity index (χ4v) is 0.824. The first-order valence-corrected chi connectivity index (χ1v) is 3.48. The molecule has 12 heavy (non-hydrogen) atoms. The number of hydrogen-bond acceptors (Lipinski definition) is 5. The zero-order valence-corrected chi connectivity index (χ0v) is 6.60. The van der Waals surface area contributed by atoms with Crippen molar-refractivity contribution in [1.82, 2.24) is 0 Å². The van der Waals surface area contributed by atoms with Crippen LogP contribution < -0.4 is 0 Å². The number of amidine groups is 1. The summed E-state index contributed by atoms with van der Waals surface area (Å²) in [4.78, 5) is 17.4. The van der Waals surface area contributed by atoms with Gasteiger partial charge in [-0.2, -0.15) is 4.99 Å². The van der Waals surface area contributed by atoms with Crippen molar-refractivity contribution in [3.05, 3.63) is 10.1 Å². The second-order valence-electron chi connectivity index (χ2n) is 2.61. The van der Waals surface area contributed by atoms with Crippen molar-refractivity contribution in [3.8, 4) is 0 Å². The highest BCUT2D eigenvalue weighted by Crippen LogP contribution is 2.15. The van der Waals surface area contributed by atoms with Crippen molar-refractivity contribution in [2.75, 3.05) is 6.61 Å². The van der Waals surface area contributed by atoms with Gasteiger partial charge >= 0.3 is 5.66 Å². The van der Waals surface area contributed by atoms with Gasteiger partial charge in [0.2, 0.25) is 0 Å². The number of aliphatic hydroxyl groups is 1. The molecule has 6 nitrogen and oxygen atoms in total. The van der Waals surface area contributed by atoms with Crippen LogP contribution in [0.25, 0.3) is 0 Å². The van der Waals surface area contributed by atoms with E-state index >= 15 is 0 Å². The van der Waals surface area contributed by atoms with Crippen LogP contribution in [0, 0.1) is 10.1 Å². The summed E-state index contributed by atoms with van der Waals surface area (Å²) in [7, 11) is 0. The minimum Gasteiger partial charge on any atom is -0.396 e. The number of aliphatic imine (C=N–C) groups is 2. The average Bonchev–Trinajstić information content (AvgIpc) is 2.34. The Morgan fingerprint density at radius 3 is 2.92 bits per heavy atom. The highest BCUT2D eigenvalue weighted by molar-refractivity contribution is 5.96. The first-order chi connectivity index (χ1) is 5.58. The zero-order chi connectivity index (χ0) is 9.19. The van der Waals surface area contributed by atoms with Crippen molar-refractivity contribution in [1.29, 1.82) is 0 Å². The number of aliphatic hydroxyl groups excluding tert-OH is 1. The van der Waals surface area contributed by atoms with Gasteiger partial charge < -0.3 is 5.11 Å². The highest BCUT2D eigenvalue weighted by atomic mass is 16.6. The Labute approximate surface area is 68.8 Å². The van der Waals surface area contributed by atoms with Crippen LogP contribution in [-0.2, 0) is 0 Å². The molecule has 0 radical (unpaired) electrons. The van der Waals surface area contributed by atoms with E-state index in [9.17, 15) is 10.1 Å². The molecule has 0 aliphatic carbocycles. The number of hydrogen-bond donors (Lipinski definition) is 1. The predicted molar refractivity (Wildman–Crippen MR) is 43.0 cm³/mol. The summed E-state index contributed by atoms with van der Waals surface area (Å²) in [5.74, 6) is 0.330. The number of nitrogens with zero attached hydrogens (tertiary/aromatic N) is 3. The fourth-order valence-electron chi connectivity index (χ4n) is 0.824. The Bertz CT molecular complexity index is 261. The van der Waals surface area contributed by atoms with Gasteiger partial charge in [-0.15, -0.1) is 0 Å². The van der Waals surface area contributed by atoms with Gasteiger partial charge in [0.25, 0.3) is 0 Å². The lowest BCUT2D eigenvalue weighted by atomic mass is 10.3. The molecular formula is C6H9N3O3. The Hall–Kier alpha value is -1.30. The topological polar surface area (TPSA) is 88.1 Å². The Morgan fingerprint density at radius 2 is 2.50 bits per heavy atom. The number of rotatable bonds is 3. The van der Waals surface area contributed by atoms with Crippen molar-refractivity contribution >= 4 is 12.1 Å². The Morgan fingerprint density at radius 1 is 1.83 bits per heavy atom. The van der Waals surface area contributed by atoms with E-state index in [1.807, 2.05) is 0 Å². The fraction of sp³-hybridized carbons (Fsp3) is 0.667. The normalized spacial score (nSPS) is 27.3. The molecule has 66 valence electrons. The SMILES string of the molecule is CC1([N+](=O)[O-])C=NC(CCO)=N1. The van der Waals surface area contributed by atoms with E-state index in [0.717, 1.165) is 0 Å². The third kappa shape index (κ3) is 1.48. The Balaban J connectivity index is 2.77. The molecule has 0 spiro atoms. The molecule has 1 N–H and O–H groups in total. The van der Waals surface area contributed by atoms with Crippen LogP contribution in [0.5, 0.6) is 0 Å². The van der Waals surface area contributed by atoms with Gasteiger partial charge in [-0.1, -0.05) is 0 Å². The van der Waals surface area contributed by atoms with Gasteiger partial charge in [0, 0.05) is 13.3 Å². The smallest absolute Gasteiger partial charge is 0.347 e. The maximum atomic E-state index is 10.4. The monoisotopic (exact) mass is 171 g/mol. The zero-order valence-electron chi connectivity index (χ0n) is 6.60. The molecule has 1 aliphatic heterocycles. The summed E-state index contributed by atoms with van der Waals surface area (Å²) in [6, 6.07) is 0. The van der Waals surface area contributed by atoms with Gasteiger partial charge in [-0.25, -0.2) is 4.99 Å². The summed E-state index contributed by atoms with van der Waals surface area (Å²) in [6.07, 6.45) is 1.44. The molecule has 1 rings (SSSR count). The lowest BCUT2D eigenvalue weighted by Crippen LogP contribution is -2.32. The first kappa shape index (κ1) is 8.79. The van der Waals surface area contributed by atoms with Crippen LogP contribution in [0.2, 0.25) is 0 Å². The maximum absolute atomic E-state index is 10.4. The quantitative estimate of drug-likeness (QED) is 0.472. The van der Waals surface area contributed by atoms with Crippen molar-refractivity contribution in [3.63, 3.8) is 0 Å². The molecule has 1 heterocycles. The van der Waals surface area contributed by atoms with Crippen LogP contribution in [-0.4, -0.2) is 34.3 Å². The van der Waals surface area contributed by atoms with E-state index < -0.39 is 10.6 Å². The third-order valence-electron chi connectivity index (χ3n) is 1.52. The van der Waals surface area contributed by atoms with Crippen LogP contribution in [0.3, 0.4) is 0 Å². The summed E-state index contributed by atoms with van der Waals surface area (Å²) < 4.78 is 0. The van der Waals surface area contributed by atoms with Gasteiger partial charge in [0.1, 0.15) is 12.1 Å². The first-order valence-electron chi connectivity index (χ1n) is 3.48. The van der Waals surface area contributed by atoms with E-state index in [2.05, 4.69) is 9.98 Å². The molecule has 0 aromatic carbocycles. The maximum Gasteiger partial charge on any atom is 0.347 e. The number of nitro groups is 1. The van der Waals surface area contributed by atoms with E-state index in [1.165, 1.54) is 13.1 Å². The summed E-state index contributed by atoms with van der Waals surface area (Å²) in [6.45, 7) is 1.27. The van der Waals surface area contributed by atoms with Gasteiger partial charge in [0.05, 0.1) is 11.5 Å². The molecule has 0 saturated carbocycles. The molecule has 1 aliphatic rings. The van der Waals surface area contributed by atoms with Crippen LogP contribution >= 0.6 is 0 Å². The van der Waals surface area contributed by atoms with Crippen molar-refractivity contribution in [2.24, 2.45) is 9.98 Å². The van der Waals surface area contributed by atoms with Crippen molar-refractivity contribution < 1.29 is 10.0 Å². The average molecular weight is 171 g/mol. The molecule has 1 unspecified atom stereocenters. The lowest BCUT2D eigenvalue weighted by Gasteiger charge is -2.05. The van der Waals surface area contributed by atoms with Crippen LogP contribution in [0.1, 0.15) is 13.3 Å². The standard InChI is InChI=1S/C6H9N3O3/c1-6(9(11)12)4-7-5(8-6)2-3-10/h4,10H,2-3H2,1H3. The molecule has 0 aromatic heterocycles. The summed E-state index contributed by atoms with van der Waals surface area (Å²) in [5, 5.41) is 18.9. The van der Waals surface area contributed by atoms with E-state index in [1.54, 1.807) is 0 Å². The second kappa shape index (κ2) is 2.98. The summed E-state index contributed by atoms with van der Waals surface area (Å²) in [5.41, 5.74) is -1.43. The second-order valence-corrected chi connectivity index (χ2v) is 2.61. The van der Waals surface area contributed by atoms with Crippen LogP contribution in [0.15, 0.2) is 9.98 Å². The molecule has 6 heteroatoms. The molecule has 0 saturated heterocycles. The van der Waals surface area contributed by atoms with Gasteiger partial charge in [0.15, 0.2) is 0 Å². The van der Waals surface area contributed by atoms with E-state index in [4.69, 9.17) is 5.11 Å². The third-order valence-corrected chi connectivity index (χ3v) is 1.52. The summed E-state index contributed by atoms with van der Waals surface area (Å²) >= 11 is 0. The van der Waals surface area contributed by atoms with Crippen molar-refractivity contribution in [2.45, 2.75) is 19.0 Å². The largest absolute Gasteiger partial charge is 0.396 e. The minimum atomic E-state index is -1.43. The van der Waals surface area contributed by atoms with Gasteiger partial charge in [-0.3, -0.25) is 10.1 Å². The Kier molecular flexibility index (Phi) is 2.18. The molecular weight excluding hydrogens is 162 g/mol. The van der Waals surface area contributed by atoms with Crippen LogP contribution in [0.4, 0.5) is 0 Å². The molecule has 0 fully saturated rings. The minimum absolute atomic E-state index is 0.0933. The molecule has 0 bridgehead atoms. The van der Waals surface area contributed by atoms with E-state index in [-0.39, 0.29) is 13.0 Å². The van der Waals surface area contributed by atoms with Gasteiger partial charge in [-0.05, 0) is 0 Å². The molecule has 0 amide bonds. The molecule has 0 aromatic rings. The highest BCUT2D eigenvalue weighted by Gasteiger charge is 2.38. The van der Waals surface area contributed by atoms with E-state index in [0.29, 0.717) is 5.84 Å². The lowest BCUT2D eigenvalue weighted by molar-refractivity contribution is -0.538. The molecule has 1 atom stereocenters.